The first kappa shape index (κ1) is 19.0. The molecule has 0 radical (unpaired) electrons. The van der Waals surface area contributed by atoms with Crippen molar-refractivity contribution in [3.63, 3.8) is 0 Å². The van der Waals surface area contributed by atoms with Crippen LogP contribution in [0.3, 0.4) is 0 Å². The van der Waals surface area contributed by atoms with Gasteiger partial charge in [-0.1, -0.05) is 57.0 Å². The van der Waals surface area contributed by atoms with Gasteiger partial charge in [0.2, 0.25) is 0 Å². The molecule has 0 saturated heterocycles. The standard InChI is InChI=1S/C21H36N/c1-4-7-18-22(6-3,19-8-5-2)20-14-10-13-17-21-15-11-9-12-16-21/h6,9,11-12,15-16H,3-5,7-8,10,13-14,17-20H2,1-2H3/q+1. The summed E-state index contributed by atoms with van der Waals surface area (Å²) in [7, 11) is 0. The molecule has 1 aromatic rings. The van der Waals surface area contributed by atoms with E-state index in [1.54, 1.807) is 0 Å². The monoisotopic (exact) mass is 302 g/mol. The van der Waals surface area contributed by atoms with Crippen molar-refractivity contribution < 1.29 is 4.48 Å². The van der Waals surface area contributed by atoms with E-state index in [0.29, 0.717) is 0 Å². The maximum absolute atomic E-state index is 4.16. The molecule has 124 valence electrons. The van der Waals surface area contributed by atoms with Gasteiger partial charge in [-0.15, -0.1) is 0 Å². The van der Waals surface area contributed by atoms with Crippen LogP contribution in [-0.2, 0) is 6.42 Å². The summed E-state index contributed by atoms with van der Waals surface area (Å²) in [5.74, 6) is 0. The third-order valence-electron chi connectivity index (χ3n) is 4.71. The van der Waals surface area contributed by atoms with Crippen molar-refractivity contribution in [1.29, 1.82) is 0 Å². The number of hydrogen-bond acceptors (Lipinski definition) is 0. The Labute approximate surface area is 138 Å². The molecule has 0 saturated carbocycles. The number of unbranched alkanes of at least 4 members (excludes halogenated alkanes) is 4. The van der Waals surface area contributed by atoms with Gasteiger partial charge >= 0.3 is 0 Å². The first-order valence-electron chi connectivity index (χ1n) is 9.29. The molecular formula is C21H36N+. The summed E-state index contributed by atoms with van der Waals surface area (Å²) in [4.78, 5) is 0. The number of quaternary nitrogens is 1. The molecule has 0 aliphatic rings. The molecule has 0 fully saturated rings. The number of nitrogens with zero attached hydrogens (tertiary/aromatic N) is 1. The zero-order chi connectivity index (χ0) is 16.1. The molecule has 0 N–H and O–H groups in total. The van der Waals surface area contributed by atoms with Crippen molar-refractivity contribution in [3.05, 3.63) is 48.7 Å². The summed E-state index contributed by atoms with van der Waals surface area (Å²) >= 11 is 0. The summed E-state index contributed by atoms with van der Waals surface area (Å²) in [5, 5.41) is 0. The van der Waals surface area contributed by atoms with Crippen LogP contribution in [-0.4, -0.2) is 24.1 Å². The van der Waals surface area contributed by atoms with E-state index in [9.17, 15) is 0 Å². The van der Waals surface area contributed by atoms with E-state index in [4.69, 9.17) is 0 Å². The normalized spacial score (nSPS) is 11.5. The minimum Gasteiger partial charge on any atom is -0.298 e. The van der Waals surface area contributed by atoms with Gasteiger partial charge in [0.05, 0.1) is 25.8 Å². The molecule has 0 aliphatic heterocycles. The average molecular weight is 303 g/mol. The van der Waals surface area contributed by atoms with Crippen LogP contribution in [0.25, 0.3) is 0 Å². The molecule has 0 spiro atoms. The van der Waals surface area contributed by atoms with E-state index in [-0.39, 0.29) is 0 Å². The quantitative estimate of drug-likeness (QED) is 0.311. The number of aryl methyl sites for hydroxylation is 1. The Bertz CT molecular complexity index is 374. The van der Waals surface area contributed by atoms with Gasteiger partial charge in [0.25, 0.3) is 0 Å². The van der Waals surface area contributed by atoms with Gasteiger partial charge in [-0.2, -0.15) is 0 Å². The van der Waals surface area contributed by atoms with Crippen molar-refractivity contribution >= 4 is 0 Å². The average Bonchev–Trinajstić information content (AvgIpc) is 2.57. The van der Waals surface area contributed by atoms with Gasteiger partial charge < -0.3 is 0 Å². The van der Waals surface area contributed by atoms with Crippen LogP contribution >= 0.6 is 0 Å². The number of rotatable bonds is 13. The number of benzene rings is 1. The van der Waals surface area contributed by atoms with Gasteiger partial charge in [0.15, 0.2) is 0 Å². The van der Waals surface area contributed by atoms with Gasteiger partial charge in [-0.05, 0) is 50.7 Å². The lowest BCUT2D eigenvalue weighted by molar-refractivity contribution is -0.880. The second kappa shape index (κ2) is 11.5. The van der Waals surface area contributed by atoms with Gasteiger partial charge in [-0.3, -0.25) is 4.48 Å². The topological polar surface area (TPSA) is 0 Å². The summed E-state index contributed by atoms with van der Waals surface area (Å²) < 4.78 is 1.13. The van der Waals surface area contributed by atoms with E-state index in [2.05, 4.69) is 57.0 Å². The Morgan fingerprint density at radius 3 is 1.95 bits per heavy atom. The SMILES string of the molecule is C=C[N+](CCCC)(CCCC)CCCCCc1ccccc1. The van der Waals surface area contributed by atoms with Crippen molar-refractivity contribution in [1.82, 2.24) is 0 Å². The maximum atomic E-state index is 4.16. The molecule has 0 heterocycles. The van der Waals surface area contributed by atoms with Gasteiger partial charge in [-0.25, -0.2) is 0 Å². The largest absolute Gasteiger partial charge is 0.298 e. The molecule has 0 bridgehead atoms. The van der Waals surface area contributed by atoms with E-state index in [0.717, 1.165) is 4.48 Å². The molecule has 1 nitrogen and oxygen atoms in total. The highest BCUT2D eigenvalue weighted by atomic mass is 15.3. The second-order valence-corrected chi connectivity index (χ2v) is 6.58. The minimum atomic E-state index is 1.13. The molecular weight excluding hydrogens is 266 g/mol. The van der Waals surface area contributed by atoms with Crippen LogP contribution in [0.15, 0.2) is 43.1 Å². The van der Waals surface area contributed by atoms with Gasteiger partial charge in [0.1, 0.15) is 0 Å². The molecule has 0 unspecified atom stereocenters. The molecule has 0 aromatic heterocycles. The summed E-state index contributed by atoms with van der Waals surface area (Å²) in [6.07, 6.45) is 12.6. The van der Waals surface area contributed by atoms with Crippen LogP contribution in [0.4, 0.5) is 0 Å². The molecule has 1 heteroatoms. The Balaban J connectivity index is 2.33. The van der Waals surface area contributed by atoms with Crippen LogP contribution in [0.1, 0.15) is 64.4 Å². The predicted molar refractivity (Wildman–Crippen MR) is 98.9 cm³/mol. The molecule has 0 atom stereocenters. The zero-order valence-corrected chi connectivity index (χ0v) is 14.9. The van der Waals surface area contributed by atoms with Crippen molar-refractivity contribution in [3.8, 4) is 0 Å². The molecule has 1 rings (SSSR count). The fraction of sp³-hybridized carbons (Fsp3) is 0.619. The highest BCUT2D eigenvalue weighted by Crippen LogP contribution is 2.16. The molecule has 0 amide bonds. The summed E-state index contributed by atoms with van der Waals surface area (Å²) in [6, 6.07) is 10.9. The Morgan fingerprint density at radius 2 is 1.41 bits per heavy atom. The van der Waals surface area contributed by atoms with Crippen LogP contribution < -0.4 is 0 Å². The zero-order valence-electron chi connectivity index (χ0n) is 14.9. The molecule has 0 aliphatic carbocycles. The third kappa shape index (κ3) is 7.26. The lowest BCUT2D eigenvalue weighted by Crippen LogP contribution is -2.45. The van der Waals surface area contributed by atoms with E-state index in [1.165, 1.54) is 76.6 Å². The fourth-order valence-corrected chi connectivity index (χ4v) is 3.13. The smallest absolute Gasteiger partial charge is 0.0885 e. The van der Waals surface area contributed by atoms with E-state index in [1.807, 2.05) is 0 Å². The van der Waals surface area contributed by atoms with Crippen molar-refractivity contribution in [2.24, 2.45) is 0 Å². The summed E-state index contributed by atoms with van der Waals surface area (Å²) in [5.41, 5.74) is 1.48. The van der Waals surface area contributed by atoms with Gasteiger partial charge in [0, 0.05) is 0 Å². The lowest BCUT2D eigenvalue weighted by atomic mass is 10.1. The maximum Gasteiger partial charge on any atom is 0.0885 e. The van der Waals surface area contributed by atoms with Crippen molar-refractivity contribution in [2.45, 2.75) is 65.2 Å². The van der Waals surface area contributed by atoms with E-state index < -0.39 is 0 Å². The Hall–Kier alpha value is -1.08. The number of hydrogen-bond donors (Lipinski definition) is 0. The third-order valence-corrected chi connectivity index (χ3v) is 4.71. The minimum absolute atomic E-state index is 1.13. The van der Waals surface area contributed by atoms with Crippen molar-refractivity contribution in [2.75, 3.05) is 19.6 Å². The predicted octanol–water partition coefficient (Wildman–Crippen LogP) is 5.96. The first-order chi connectivity index (χ1) is 10.8. The highest BCUT2D eigenvalue weighted by molar-refractivity contribution is 5.14. The lowest BCUT2D eigenvalue weighted by Gasteiger charge is -2.35. The van der Waals surface area contributed by atoms with E-state index >= 15 is 0 Å². The molecule has 22 heavy (non-hydrogen) atoms. The highest BCUT2D eigenvalue weighted by Gasteiger charge is 2.22. The molecule has 1 aromatic carbocycles. The summed E-state index contributed by atoms with van der Waals surface area (Å²) in [6.45, 7) is 12.6. The van der Waals surface area contributed by atoms with Crippen LogP contribution in [0, 0.1) is 0 Å². The Morgan fingerprint density at radius 1 is 0.818 bits per heavy atom. The van der Waals surface area contributed by atoms with Crippen LogP contribution in [0.2, 0.25) is 0 Å². The fourth-order valence-electron chi connectivity index (χ4n) is 3.13. The van der Waals surface area contributed by atoms with Crippen LogP contribution in [0.5, 0.6) is 0 Å². The Kier molecular flexibility index (Phi) is 9.90. The first-order valence-corrected chi connectivity index (χ1v) is 9.29. The second-order valence-electron chi connectivity index (χ2n) is 6.58.